The molecule has 1 aromatic rings. The number of rotatable bonds is 4. The molecule has 0 unspecified atom stereocenters. The van der Waals surface area contributed by atoms with E-state index >= 15 is 0 Å². The van der Waals surface area contributed by atoms with Gasteiger partial charge in [0.1, 0.15) is 5.75 Å². The summed E-state index contributed by atoms with van der Waals surface area (Å²) in [6.07, 6.45) is 5.88. The Morgan fingerprint density at radius 2 is 1.90 bits per heavy atom. The largest absolute Gasteiger partial charge is 0.508 e. The van der Waals surface area contributed by atoms with Crippen molar-refractivity contribution in [3.63, 3.8) is 0 Å². The minimum Gasteiger partial charge on any atom is -0.508 e. The summed E-state index contributed by atoms with van der Waals surface area (Å²) in [5.74, 6) is 0.961. The van der Waals surface area contributed by atoms with Gasteiger partial charge in [0.15, 0.2) is 0 Å². The highest BCUT2D eigenvalue weighted by atomic mass is 16.3. The summed E-state index contributed by atoms with van der Waals surface area (Å²) in [4.78, 5) is 0. The molecule has 0 bridgehead atoms. The zero-order chi connectivity index (χ0) is 15.6. The number of benzene rings is 1. The second-order valence-electron chi connectivity index (χ2n) is 7.54. The SMILES string of the molecule is CC1=C(CCc2cc(C(C)C)ccc2O)C(C)(C)CCC1. The number of aryl methyl sites for hydroxylation is 1. The van der Waals surface area contributed by atoms with Gasteiger partial charge in [-0.05, 0) is 67.6 Å². The van der Waals surface area contributed by atoms with E-state index in [1.165, 1.54) is 24.8 Å². The first-order valence-corrected chi connectivity index (χ1v) is 8.32. The van der Waals surface area contributed by atoms with Crippen molar-refractivity contribution in [1.82, 2.24) is 0 Å². The van der Waals surface area contributed by atoms with Crippen LogP contribution in [0.2, 0.25) is 0 Å². The molecule has 1 N–H and O–H groups in total. The Bertz CT molecular complexity index is 535. The third-order valence-corrected chi connectivity index (χ3v) is 5.10. The molecule has 1 heteroatoms. The van der Waals surface area contributed by atoms with Gasteiger partial charge < -0.3 is 5.11 Å². The standard InChI is InChI=1S/C20H30O/c1-14(2)16-9-11-19(21)17(13-16)8-10-18-15(3)7-6-12-20(18,4)5/h9,11,13-14,21H,6-8,10,12H2,1-5H3. The van der Waals surface area contributed by atoms with Gasteiger partial charge in [0.05, 0.1) is 0 Å². The normalized spacial score (nSPS) is 18.4. The van der Waals surface area contributed by atoms with Crippen LogP contribution < -0.4 is 0 Å². The van der Waals surface area contributed by atoms with E-state index < -0.39 is 0 Å². The fourth-order valence-corrected chi connectivity index (χ4v) is 3.65. The van der Waals surface area contributed by atoms with Crippen molar-refractivity contribution in [2.45, 2.75) is 72.6 Å². The molecule has 0 spiro atoms. The zero-order valence-electron chi connectivity index (χ0n) is 14.3. The third kappa shape index (κ3) is 3.70. The smallest absolute Gasteiger partial charge is 0.118 e. The van der Waals surface area contributed by atoms with Gasteiger partial charge in [-0.1, -0.05) is 51.0 Å². The first-order valence-electron chi connectivity index (χ1n) is 8.32. The average molecular weight is 286 g/mol. The molecule has 0 heterocycles. The Labute approximate surface area is 130 Å². The summed E-state index contributed by atoms with van der Waals surface area (Å²) in [5, 5.41) is 10.1. The van der Waals surface area contributed by atoms with Crippen molar-refractivity contribution in [1.29, 1.82) is 0 Å². The van der Waals surface area contributed by atoms with E-state index in [0.29, 0.717) is 17.1 Å². The molecule has 1 aromatic carbocycles. The highest BCUT2D eigenvalue weighted by Gasteiger charge is 2.27. The highest BCUT2D eigenvalue weighted by molar-refractivity contribution is 5.38. The third-order valence-electron chi connectivity index (χ3n) is 5.10. The van der Waals surface area contributed by atoms with E-state index in [2.05, 4.69) is 40.7 Å². The number of allylic oxidation sites excluding steroid dienone is 2. The fourth-order valence-electron chi connectivity index (χ4n) is 3.65. The molecule has 1 aliphatic carbocycles. The summed E-state index contributed by atoms with van der Waals surface area (Å²) in [7, 11) is 0. The Morgan fingerprint density at radius 1 is 1.19 bits per heavy atom. The van der Waals surface area contributed by atoms with Gasteiger partial charge in [0.25, 0.3) is 0 Å². The van der Waals surface area contributed by atoms with Crippen molar-refractivity contribution in [3.8, 4) is 5.75 Å². The van der Waals surface area contributed by atoms with Crippen LogP contribution in [0.3, 0.4) is 0 Å². The molecule has 1 aliphatic rings. The van der Waals surface area contributed by atoms with Crippen molar-refractivity contribution >= 4 is 0 Å². The van der Waals surface area contributed by atoms with E-state index in [-0.39, 0.29) is 0 Å². The summed E-state index contributed by atoms with van der Waals surface area (Å²) >= 11 is 0. The summed E-state index contributed by atoms with van der Waals surface area (Å²) in [6.45, 7) is 11.4. The van der Waals surface area contributed by atoms with Crippen LogP contribution in [0.15, 0.2) is 29.3 Å². The number of aromatic hydroxyl groups is 1. The van der Waals surface area contributed by atoms with E-state index in [4.69, 9.17) is 0 Å². The lowest BCUT2D eigenvalue weighted by Gasteiger charge is -2.35. The quantitative estimate of drug-likeness (QED) is 0.675. The second-order valence-corrected chi connectivity index (χ2v) is 7.54. The van der Waals surface area contributed by atoms with Crippen LogP contribution in [0.1, 0.15) is 77.3 Å². The Kier molecular flexibility index (Phi) is 4.81. The fraction of sp³-hybridized carbons (Fsp3) is 0.600. The molecule has 116 valence electrons. The van der Waals surface area contributed by atoms with Gasteiger partial charge in [-0.25, -0.2) is 0 Å². The molecule has 0 atom stereocenters. The molecule has 21 heavy (non-hydrogen) atoms. The molecule has 0 amide bonds. The maximum Gasteiger partial charge on any atom is 0.118 e. The van der Waals surface area contributed by atoms with Crippen LogP contribution >= 0.6 is 0 Å². The van der Waals surface area contributed by atoms with Gasteiger partial charge >= 0.3 is 0 Å². The molecular weight excluding hydrogens is 256 g/mol. The second kappa shape index (κ2) is 6.25. The molecule has 0 saturated heterocycles. The van der Waals surface area contributed by atoms with Gasteiger partial charge in [0.2, 0.25) is 0 Å². The van der Waals surface area contributed by atoms with Crippen molar-refractivity contribution in [2.75, 3.05) is 0 Å². The molecule has 0 fully saturated rings. The molecule has 0 radical (unpaired) electrons. The lowest BCUT2D eigenvalue weighted by atomic mass is 9.71. The van der Waals surface area contributed by atoms with Crippen LogP contribution in [0, 0.1) is 5.41 Å². The zero-order valence-corrected chi connectivity index (χ0v) is 14.3. The lowest BCUT2D eigenvalue weighted by molar-refractivity contribution is 0.353. The van der Waals surface area contributed by atoms with Crippen molar-refractivity contribution in [3.05, 3.63) is 40.5 Å². The van der Waals surface area contributed by atoms with Crippen LogP contribution in [0.4, 0.5) is 0 Å². The van der Waals surface area contributed by atoms with Gasteiger partial charge in [-0.15, -0.1) is 0 Å². The first kappa shape index (κ1) is 16.1. The molecule has 2 rings (SSSR count). The Morgan fingerprint density at radius 3 is 2.52 bits per heavy atom. The number of hydrogen-bond donors (Lipinski definition) is 1. The van der Waals surface area contributed by atoms with Crippen molar-refractivity contribution < 1.29 is 5.11 Å². The molecule has 1 nitrogen and oxygen atoms in total. The minimum atomic E-state index is 0.327. The van der Waals surface area contributed by atoms with Crippen LogP contribution in [0.25, 0.3) is 0 Å². The predicted octanol–water partition coefficient (Wildman–Crippen LogP) is 5.97. The lowest BCUT2D eigenvalue weighted by Crippen LogP contribution is -2.20. The molecule has 0 saturated carbocycles. The predicted molar refractivity (Wildman–Crippen MR) is 90.8 cm³/mol. The number of phenols is 1. The molecule has 0 aliphatic heterocycles. The van der Waals surface area contributed by atoms with Gasteiger partial charge in [-0.2, -0.15) is 0 Å². The van der Waals surface area contributed by atoms with E-state index in [1.54, 1.807) is 11.1 Å². The Balaban J connectivity index is 2.18. The monoisotopic (exact) mass is 286 g/mol. The van der Waals surface area contributed by atoms with Gasteiger partial charge in [-0.3, -0.25) is 0 Å². The summed E-state index contributed by atoms with van der Waals surface area (Å²) in [5.41, 5.74) is 5.93. The summed E-state index contributed by atoms with van der Waals surface area (Å²) < 4.78 is 0. The number of hydrogen-bond acceptors (Lipinski definition) is 1. The van der Waals surface area contributed by atoms with Crippen LogP contribution in [0.5, 0.6) is 5.75 Å². The average Bonchev–Trinajstić information content (AvgIpc) is 2.39. The minimum absolute atomic E-state index is 0.327. The highest BCUT2D eigenvalue weighted by Crippen LogP contribution is 2.42. The van der Waals surface area contributed by atoms with E-state index in [1.807, 2.05) is 12.1 Å². The molecular formula is C20H30O. The Hall–Kier alpha value is -1.24. The summed E-state index contributed by atoms with van der Waals surface area (Å²) in [6, 6.07) is 6.09. The molecule has 0 aromatic heterocycles. The number of phenolic OH excluding ortho intramolecular Hbond substituents is 1. The van der Waals surface area contributed by atoms with Gasteiger partial charge in [0, 0.05) is 0 Å². The van der Waals surface area contributed by atoms with E-state index in [9.17, 15) is 5.11 Å². The topological polar surface area (TPSA) is 20.2 Å². The first-order chi connectivity index (χ1) is 9.81. The van der Waals surface area contributed by atoms with Crippen LogP contribution in [-0.4, -0.2) is 5.11 Å². The maximum atomic E-state index is 10.1. The maximum absolute atomic E-state index is 10.1. The van der Waals surface area contributed by atoms with E-state index in [0.717, 1.165) is 18.4 Å². The van der Waals surface area contributed by atoms with Crippen molar-refractivity contribution in [2.24, 2.45) is 5.41 Å². The van der Waals surface area contributed by atoms with Crippen LogP contribution in [-0.2, 0) is 6.42 Å².